The maximum absolute atomic E-state index is 6.02. The van der Waals surface area contributed by atoms with Gasteiger partial charge in [-0.15, -0.1) is 0 Å². The van der Waals surface area contributed by atoms with Gasteiger partial charge >= 0.3 is 0 Å². The zero-order valence-corrected chi connectivity index (χ0v) is 13.1. The second kappa shape index (κ2) is 5.62. The Bertz CT molecular complexity index is 876. The topological polar surface area (TPSA) is 81.5 Å². The smallest absolute Gasteiger partial charge is 0.153 e. The number of hydrogen-bond acceptors (Lipinski definition) is 5. The highest BCUT2D eigenvalue weighted by molar-refractivity contribution is 6.32. The molecule has 1 fully saturated rings. The first kappa shape index (κ1) is 14.1. The van der Waals surface area contributed by atoms with Crippen molar-refractivity contribution in [3.63, 3.8) is 0 Å². The number of halogens is 1. The van der Waals surface area contributed by atoms with Gasteiger partial charge < -0.3 is 5.73 Å². The van der Waals surface area contributed by atoms with E-state index < -0.39 is 0 Å². The molecule has 116 valence electrons. The van der Waals surface area contributed by atoms with Crippen LogP contribution in [0.15, 0.2) is 35.6 Å². The highest BCUT2D eigenvalue weighted by atomic mass is 35.5. The van der Waals surface area contributed by atoms with Gasteiger partial charge in [-0.3, -0.25) is 4.99 Å². The maximum atomic E-state index is 6.02. The minimum absolute atomic E-state index is 0.347. The lowest BCUT2D eigenvalue weighted by atomic mass is 10.2. The molecule has 0 aliphatic heterocycles. The summed E-state index contributed by atoms with van der Waals surface area (Å²) in [5.74, 6) is 0.624. The Morgan fingerprint density at radius 3 is 3.00 bits per heavy atom. The molecule has 6 nitrogen and oxygen atoms in total. The number of aliphatic imine (C=N–C) groups is 1. The van der Waals surface area contributed by atoms with Gasteiger partial charge in [0.05, 0.1) is 29.7 Å². The molecular weight excluding hydrogens is 312 g/mol. The van der Waals surface area contributed by atoms with Crippen molar-refractivity contribution in [2.24, 2.45) is 4.99 Å². The third-order valence-corrected chi connectivity index (χ3v) is 4.14. The SMILES string of the molecule is Nc1ccnc(Cl)c1C=NCc1cn2nc(C3CC3)ccc2n1. The van der Waals surface area contributed by atoms with Crippen LogP contribution >= 0.6 is 11.6 Å². The summed E-state index contributed by atoms with van der Waals surface area (Å²) in [6.45, 7) is 0.437. The molecule has 0 aromatic carbocycles. The number of hydrogen-bond donors (Lipinski definition) is 1. The standard InChI is InChI=1S/C16H15ClN6/c17-16-12(13(18)5-6-20-16)8-19-7-11-9-23-15(21-11)4-3-14(22-23)10-1-2-10/h3-6,8-10H,1-2,7H2,(H2,18,20). The first-order chi connectivity index (χ1) is 11.2. The van der Waals surface area contributed by atoms with Crippen molar-refractivity contribution in [2.75, 3.05) is 5.73 Å². The van der Waals surface area contributed by atoms with E-state index in [4.69, 9.17) is 17.3 Å². The molecule has 0 amide bonds. The number of aromatic nitrogens is 4. The fraction of sp³-hybridized carbons (Fsp3) is 0.250. The van der Waals surface area contributed by atoms with Crippen LogP contribution in [-0.4, -0.2) is 25.8 Å². The summed E-state index contributed by atoms with van der Waals surface area (Å²) in [4.78, 5) is 12.9. The van der Waals surface area contributed by atoms with E-state index >= 15 is 0 Å². The summed E-state index contributed by atoms with van der Waals surface area (Å²) in [5.41, 5.74) is 9.87. The zero-order chi connectivity index (χ0) is 15.8. The second-order valence-electron chi connectivity index (χ2n) is 5.64. The van der Waals surface area contributed by atoms with Crippen molar-refractivity contribution in [2.45, 2.75) is 25.3 Å². The van der Waals surface area contributed by atoms with Crippen molar-refractivity contribution in [1.29, 1.82) is 0 Å². The Morgan fingerprint density at radius 2 is 2.22 bits per heavy atom. The molecule has 1 saturated carbocycles. The molecule has 0 saturated heterocycles. The molecule has 0 atom stereocenters. The number of anilines is 1. The Morgan fingerprint density at radius 1 is 1.35 bits per heavy atom. The average molecular weight is 327 g/mol. The highest BCUT2D eigenvalue weighted by Gasteiger charge is 2.25. The van der Waals surface area contributed by atoms with Gasteiger partial charge in [0, 0.05) is 24.0 Å². The fourth-order valence-electron chi connectivity index (χ4n) is 2.44. The van der Waals surface area contributed by atoms with Crippen LogP contribution in [0.4, 0.5) is 5.69 Å². The Balaban J connectivity index is 1.54. The van der Waals surface area contributed by atoms with Crippen molar-refractivity contribution >= 4 is 29.2 Å². The molecule has 1 aliphatic carbocycles. The molecule has 2 N–H and O–H groups in total. The third kappa shape index (κ3) is 2.90. The van der Waals surface area contributed by atoms with Crippen molar-refractivity contribution < 1.29 is 0 Å². The lowest BCUT2D eigenvalue weighted by Gasteiger charge is -2.00. The van der Waals surface area contributed by atoms with E-state index in [0.29, 0.717) is 28.9 Å². The van der Waals surface area contributed by atoms with Gasteiger partial charge in [-0.1, -0.05) is 11.6 Å². The monoisotopic (exact) mass is 326 g/mol. The summed E-state index contributed by atoms with van der Waals surface area (Å²) >= 11 is 6.02. The first-order valence-electron chi connectivity index (χ1n) is 7.46. The van der Waals surface area contributed by atoms with E-state index in [1.54, 1.807) is 18.5 Å². The van der Waals surface area contributed by atoms with E-state index in [-0.39, 0.29) is 0 Å². The summed E-state index contributed by atoms with van der Waals surface area (Å²) in [5, 5.41) is 4.95. The van der Waals surface area contributed by atoms with Crippen LogP contribution in [0.3, 0.4) is 0 Å². The summed E-state index contributed by atoms with van der Waals surface area (Å²) in [6.07, 6.45) is 7.58. The summed E-state index contributed by atoms with van der Waals surface area (Å²) < 4.78 is 1.82. The van der Waals surface area contributed by atoms with E-state index in [1.807, 2.05) is 16.8 Å². The van der Waals surface area contributed by atoms with Crippen molar-refractivity contribution in [3.05, 3.63) is 52.7 Å². The molecule has 0 unspecified atom stereocenters. The first-order valence-corrected chi connectivity index (χ1v) is 7.83. The largest absolute Gasteiger partial charge is 0.398 e. The normalized spacial score (nSPS) is 14.8. The van der Waals surface area contributed by atoms with Crippen LogP contribution in [0, 0.1) is 0 Å². The summed E-state index contributed by atoms with van der Waals surface area (Å²) in [7, 11) is 0. The predicted molar refractivity (Wildman–Crippen MR) is 89.9 cm³/mol. The Labute approximate surface area is 138 Å². The van der Waals surface area contributed by atoms with Crippen LogP contribution in [0.25, 0.3) is 5.65 Å². The van der Waals surface area contributed by atoms with Gasteiger partial charge in [0.25, 0.3) is 0 Å². The van der Waals surface area contributed by atoms with Crippen LogP contribution in [-0.2, 0) is 6.54 Å². The number of pyridine rings is 1. The molecule has 0 spiro atoms. The molecular formula is C16H15ClN6. The maximum Gasteiger partial charge on any atom is 0.153 e. The minimum atomic E-state index is 0.347. The van der Waals surface area contributed by atoms with Crippen LogP contribution in [0.2, 0.25) is 5.15 Å². The van der Waals surface area contributed by atoms with E-state index in [0.717, 1.165) is 17.0 Å². The van der Waals surface area contributed by atoms with E-state index in [9.17, 15) is 0 Å². The quantitative estimate of drug-likeness (QED) is 0.590. The van der Waals surface area contributed by atoms with Gasteiger partial charge in [-0.2, -0.15) is 5.10 Å². The molecule has 4 rings (SSSR count). The molecule has 0 radical (unpaired) electrons. The Kier molecular flexibility index (Phi) is 3.46. The number of imidazole rings is 1. The molecule has 7 heteroatoms. The van der Waals surface area contributed by atoms with Crippen LogP contribution in [0.1, 0.15) is 35.7 Å². The van der Waals surface area contributed by atoms with Gasteiger partial charge in [0.2, 0.25) is 0 Å². The van der Waals surface area contributed by atoms with Gasteiger partial charge in [-0.25, -0.2) is 14.5 Å². The van der Waals surface area contributed by atoms with E-state index in [2.05, 4.69) is 26.1 Å². The third-order valence-electron chi connectivity index (χ3n) is 3.84. The van der Waals surface area contributed by atoms with Crippen LogP contribution < -0.4 is 5.73 Å². The number of rotatable bonds is 4. The molecule has 1 aliphatic rings. The molecule has 3 heterocycles. The molecule has 23 heavy (non-hydrogen) atoms. The van der Waals surface area contributed by atoms with Crippen molar-refractivity contribution in [1.82, 2.24) is 19.6 Å². The minimum Gasteiger partial charge on any atom is -0.398 e. The van der Waals surface area contributed by atoms with E-state index in [1.165, 1.54) is 12.8 Å². The predicted octanol–water partition coefficient (Wildman–Crippen LogP) is 2.86. The molecule has 3 aromatic heterocycles. The lowest BCUT2D eigenvalue weighted by Crippen LogP contribution is -1.96. The lowest BCUT2D eigenvalue weighted by molar-refractivity contribution is 0.853. The second-order valence-corrected chi connectivity index (χ2v) is 6.00. The number of nitrogens with two attached hydrogens (primary N) is 1. The number of nitrogens with zero attached hydrogens (tertiary/aromatic N) is 5. The van der Waals surface area contributed by atoms with Gasteiger partial charge in [0.1, 0.15) is 5.15 Å². The van der Waals surface area contributed by atoms with Crippen molar-refractivity contribution in [3.8, 4) is 0 Å². The molecule has 3 aromatic rings. The number of nitrogen functional groups attached to an aromatic ring is 1. The van der Waals surface area contributed by atoms with Crippen LogP contribution in [0.5, 0.6) is 0 Å². The number of fused-ring (bicyclic) bond motifs is 1. The average Bonchev–Trinajstić information content (AvgIpc) is 3.30. The summed E-state index contributed by atoms with van der Waals surface area (Å²) in [6, 6.07) is 5.76. The highest BCUT2D eigenvalue weighted by Crippen LogP contribution is 2.38. The fourth-order valence-corrected chi connectivity index (χ4v) is 2.65. The van der Waals surface area contributed by atoms with Gasteiger partial charge in [0.15, 0.2) is 5.65 Å². The zero-order valence-electron chi connectivity index (χ0n) is 12.4. The Hall–Kier alpha value is -2.47. The molecule has 0 bridgehead atoms. The van der Waals surface area contributed by atoms with Gasteiger partial charge in [-0.05, 0) is 31.0 Å².